The molecular weight excluding hydrogens is 468 g/mol. The number of ether oxygens (including phenoxy) is 1. The van der Waals surface area contributed by atoms with Crippen molar-refractivity contribution in [3.8, 4) is 0 Å². The third-order valence-electron chi connectivity index (χ3n) is 6.27. The van der Waals surface area contributed by atoms with E-state index < -0.39 is 11.7 Å². The fourth-order valence-electron chi connectivity index (χ4n) is 4.19. The van der Waals surface area contributed by atoms with E-state index in [4.69, 9.17) is 4.74 Å². The van der Waals surface area contributed by atoms with Gasteiger partial charge in [-0.1, -0.05) is 42.5 Å². The Hall–Kier alpha value is -3.32. The summed E-state index contributed by atoms with van der Waals surface area (Å²) in [7, 11) is 1.69. The van der Waals surface area contributed by atoms with Crippen molar-refractivity contribution in [2.45, 2.75) is 44.7 Å². The van der Waals surface area contributed by atoms with E-state index in [1.54, 1.807) is 19.2 Å². The SMILES string of the molecule is COCCCc1cnc(CCc2ccc3c(F)c(CCc4ccc(C(F)(F)F)cc4)ccc3c2)nc1. The number of rotatable bonds is 10. The van der Waals surface area contributed by atoms with Crippen LogP contribution in [0.2, 0.25) is 0 Å². The van der Waals surface area contributed by atoms with Gasteiger partial charge >= 0.3 is 6.18 Å². The zero-order chi connectivity index (χ0) is 25.5. The molecule has 0 unspecified atom stereocenters. The number of halogens is 4. The van der Waals surface area contributed by atoms with Gasteiger partial charge in [0.2, 0.25) is 0 Å². The fourth-order valence-corrected chi connectivity index (χ4v) is 4.19. The van der Waals surface area contributed by atoms with Crippen molar-refractivity contribution in [2.75, 3.05) is 13.7 Å². The lowest BCUT2D eigenvalue weighted by atomic mass is 9.98. The largest absolute Gasteiger partial charge is 0.416 e. The van der Waals surface area contributed by atoms with Gasteiger partial charge in [-0.2, -0.15) is 13.2 Å². The van der Waals surface area contributed by atoms with Gasteiger partial charge in [0.15, 0.2) is 0 Å². The van der Waals surface area contributed by atoms with Crippen LogP contribution in [0.15, 0.2) is 67.0 Å². The van der Waals surface area contributed by atoms with E-state index in [1.807, 2.05) is 30.6 Å². The second-order valence-corrected chi connectivity index (χ2v) is 8.89. The molecule has 1 heterocycles. The molecule has 36 heavy (non-hydrogen) atoms. The maximum absolute atomic E-state index is 15.1. The van der Waals surface area contributed by atoms with Crippen LogP contribution in [-0.2, 0) is 43.0 Å². The Morgan fingerprint density at radius 2 is 1.44 bits per heavy atom. The highest BCUT2D eigenvalue weighted by Crippen LogP contribution is 2.29. The molecule has 4 rings (SSSR count). The summed E-state index contributed by atoms with van der Waals surface area (Å²) in [6.45, 7) is 0.713. The van der Waals surface area contributed by atoms with Gasteiger partial charge < -0.3 is 4.74 Å². The predicted molar refractivity (Wildman–Crippen MR) is 132 cm³/mol. The van der Waals surface area contributed by atoms with Gasteiger partial charge in [0.1, 0.15) is 11.6 Å². The van der Waals surface area contributed by atoms with Crippen molar-refractivity contribution in [2.24, 2.45) is 0 Å². The van der Waals surface area contributed by atoms with Crippen molar-refractivity contribution in [3.05, 3.63) is 106 Å². The van der Waals surface area contributed by atoms with Gasteiger partial charge in [0, 0.05) is 37.9 Å². The van der Waals surface area contributed by atoms with Crippen molar-refractivity contribution < 1.29 is 22.3 Å². The van der Waals surface area contributed by atoms with Crippen LogP contribution in [0, 0.1) is 5.82 Å². The van der Waals surface area contributed by atoms with Gasteiger partial charge in [0.05, 0.1) is 5.56 Å². The fraction of sp³-hybridized carbons (Fsp3) is 0.310. The Kier molecular flexibility index (Phi) is 8.31. The maximum atomic E-state index is 15.1. The summed E-state index contributed by atoms with van der Waals surface area (Å²) in [5.74, 6) is 0.494. The molecule has 4 aromatic rings. The lowest BCUT2D eigenvalue weighted by molar-refractivity contribution is -0.137. The molecule has 0 aliphatic heterocycles. The van der Waals surface area contributed by atoms with Crippen molar-refractivity contribution in [1.29, 1.82) is 0 Å². The molecule has 3 nitrogen and oxygen atoms in total. The highest BCUT2D eigenvalue weighted by atomic mass is 19.4. The Morgan fingerprint density at radius 1 is 0.750 bits per heavy atom. The first kappa shape index (κ1) is 25.8. The minimum atomic E-state index is -4.36. The summed E-state index contributed by atoms with van der Waals surface area (Å²) < 4.78 is 58.4. The predicted octanol–water partition coefficient (Wildman–Crippen LogP) is 6.94. The van der Waals surface area contributed by atoms with E-state index in [0.29, 0.717) is 36.8 Å². The zero-order valence-electron chi connectivity index (χ0n) is 20.1. The Bertz CT molecular complexity index is 1290. The van der Waals surface area contributed by atoms with E-state index in [1.165, 1.54) is 12.1 Å². The van der Waals surface area contributed by atoms with Crippen LogP contribution < -0.4 is 0 Å². The molecule has 0 bridgehead atoms. The monoisotopic (exact) mass is 496 g/mol. The molecule has 0 aliphatic carbocycles. The second kappa shape index (κ2) is 11.6. The molecule has 0 aliphatic rings. The average molecular weight is 497 g/mol. The molecule has 0 atom stereocenters. The van der Waals surface area contributed by atoms with Crippen molar-refractivity contribution in [3.63, 3.8) is 0 Å². The third kappa shape index (κ3) is 6.66. The first-order chi connectivity index (χ1) is 17.3. The molecule has 0 fully saturated rings. The lowest BCUT2D eigenvalue weighted by Gasteiger charge is -2.10. The molecule has 3 aromatic carbocycles. The minimum absolute atomic E-state index is 0.279. The molecule has 7 heteroatoms. The number of benzene rings is 3. The number of hydrogen-bond donors (Lipinski definition) is 0. The van der Waals surface area contributed by atoms with Gasteiger partial charge in [-0.05, 0) is 71.9 Å². The van der Waals surface area contributed by atoms with Crippen LogP contribution in [0.25, 0.3) is 10.8 Å². The Balaban J connectivity index is 1.36. The summed E-state index contributed by atoms with van der Waals surface area (Å²) in [6, 6.07) is 14.4. The van der Waals surface area contributed by atoms with E-state index in [2.05, 4.69) is 9.97 Å². The molecule has 0 spiro atoms. The van der Waals surface area contributed by atoms with Crippen LogP contribution >= 0.6 is 0 Å². The molecule has 0 N–H and O–H groups in total. The van der Waals surface area contributed by atoms with Crippen LogP contribution in [0.5, 0.6) is 0 Å². The Labute approximate surface area is 208 Å². The number of methoxy groups -OCH3 is 1. The highest BCUT2D eigenvalue weighted by Gasteiger charge is 2.29. The molecule has 0 saturated heterocycles. The summed E-state index contributed by atoms with van der Waals surface area (Å²) in [4.78, 5) is 8.91. The second-order valence-electron chi connectivity index (χ2n) is 8.89. The topological polar surface area (TPSA) is 35.0 Å². The first-order valence-electron chi connectivity index (χ1n) is 12.0. The average Bonchev–Trinajstić information content (AvgIpc) is 2.88. The minimum Gasteiger partial charge on any atom is -0.385 e. The number of aryl methyl sites for hydroxylation is 5. The van der Waals surface area contributed by atoms with Crippen LogP contribution in [0.1, 0.15) is 40.1 Å². The normalized spacial score (nSPS) is 11.8. The Morgan fingerprint density at radius 3 is 2.14 bits per heavy atom. The number of alkyl halides is 3. The van der Waals surface area contributed by atoms with Gasteiger partial charge in [-0.15, -0.1) is 0 Å². The lowest BCUT2D eigenvalue weighted by Crippen LogP contribution is -2.04. The standard InChI is InChI=1S/C29H28F4N2O/c1-36-16-2-3-22-18-34-27(35-19-22)15-8-21-7-14-26-24(17-21)11-10-23(28(26)30)9-4-20-5-12-25(13-6-20)29(31,32)33/h5-7,10-14,17-19H,2-4,8-9,15-16H2,1H3. The van der Waals surface area contributed by atoms with Crippen molar-refractivity contribution in [1.82, 2.24) is 9.97 Å². The number of hydrogen-bond acceptors (Lipinski definition) is 3. The quantitative estimate of drug-likeness (QED) is 0.176. The molecule has 188 valence electrons. The third-order valence-corrected chi connectivity index (χ3v) is 6.27. The van der Waals surface area contributed by atoms with Gasteiger partial charge in [-0.3, -0.25) is 0 Å². The number of fused-ring (bicyclic) bond motifs is 1. The number of aromatic nitrogens is 2. The van der Waals surface area contributed by atoms with E-state index in [9.17, 15) is 13.2 Å². The van der Waals surface area contributed by atoms with E-state index in [0.717, 1.165) is 59.3 Å². The summed E-state index contributed by atoms with van der Waals surface area (Å²) in [5, 5.41) is 1.36. The summed E-state index contributed by atoms with van der Waals surface area (Å²) >= 11 is 0. The van der Waals surface area contributed by atoms with Crippen LogP contribution in [0.4, 0.5) is 17.6 Å². The first-order valence-corrected chi connectivity index (χ1v) is 12.0. The molecule has 0 radical (unpaired) electrons. The molecular formula is C29H28F4N2O. The maximum Gasteiger partial charge on any atom is 0.416 e. The smallest absolute Gasteiger partial charge is 0.385 e. The van der Waals surface area contributed by atoms with Gasteiger partial charge in [-0.25, -0.2) is 14.4 Å². The van der Waals surface area contributed by atoms with E-state index >= 15 is 4.39 Å². The highest BCUT2D eigenvalue weighted by molar-refractivity contribution is 5.84. The van der Waals surface area contributed by atoms with Crippen LogP contribution in [-0.4, -0.2) is 23.7 Å². The van der Waals surface area contributed by atoms with E-state index in [-0.39, 0.29) is 5.82 Å². The molecule has 1 aromatic heterocycles. The molecule has 0 amide bonds. The van der Waals surface area contributed by atoms with Crippen molar-refractivity contribution >= 4 is 10.8 Å². The zero-order valence-corrected chi connectivity index (χ0v) is 20.1. The summed E-state index contributed by atoms with van der Waals surface area (Å²) in [5.41, 5.74) is 2.77. The summed E-state index contributed by atoms with van der Waals surface area (Å²) in [6.07, 6.45) is 3.50. The molecule has 0 saturated carbocycles. The van der Waals surface area contributed by atoms with Crippen LogP contribution in [0.3, 0.4) is 0 Å². The number of nitrogens with zero attached hydrogens (tertiary/aromatic N) is 2. The van der Waals surface area contributed by atoms with Gasteiger partial charge in [0.25, 0.3) is 0 Å².